The predicted octanol–water partition coefficient (Wildman–Crippen LogP) is 8.44. The maximum absolute atomic E-state index is 14.7. The highest BCUT2D eigenvalue weighted by Gasteiger charge is 2.07. The van der Waals surface area contributed by atoms with E-state index in [9.17, 15) is 4.39 Å². The summed E-state index contributed by atoms with van der Waals surface area (Å²) in [5, 5.41) is 0.766. The summed E-state index contributed by atoms with van der Waals surface area (Å²) in [5.41, 5.74) is 5.25. The van der Waals surface area contributed by atoms with Crippen LogP contribution >= 0.6 is 11.6 Å². The molecule has 152 valence electrons. The van der Waals surface area contributed by atoms with E-state index in [0.29, 0.717) is 5.56 Å². The Morgan fingerprint density at radius 3 is 1.86 bits per heavy atom. The summed E-state index contributed by atoms with van der Waals surface area (Å²) in [4.78, 5) is 0. The van der Waals surface area contributed by atoms with Crippen LogP contribution in [0.5, 0.6) is 0 Å². The van der Waals surface area contributed by atoms with Gasteiger partial charge in [0.05, 0.1) is 0 Å². The van der Waals surface area contributed by atoms with E-state index < -0.39 is 0 Å². The Bertz CT molecular complexity index is 881. The van der Waals surface area contributed by atoms with Gasteiger partial charge in [0, 0.05) is 10.6 Å². The van der Waals surface area contributed by atoms with Crippen molar-refractivity contribution in [3.05, 3.63) is 94.3 Å². The molecule has 0 saturated heterocycles. The first-order chi connectivity index (χ1) is 14.2. The molecule has 29 heavy (non-hydrogen) atoms. The van der Waals surface area contributed by atoms with E-state index >= 15 is 0 Å². The molecule has 3 aromatic carbocycles. The zero-order valence-electron chi connectivity index (χ0n) is 17.3. The Hall–Kier alpha value is -2.12. The van der Waals surface area contributed by atoms with E-state index in [1.165, 1.54) is 36.8 Å². The van der Waals surface area contributed by atoms with E-state index in [1.54, 1.807) is 6.07 Å². The van der Waals surface area contributed by atoms with Gasteiger partial charge in [-0.3, -0.25) is 0 Å². The van der Waals surface area contributed by atoms with Crippen molar-refractivity contribution in [3.8, 4) is 11.1 Å². The van der Waals surface area contributed by atoms with Crippen molar-refractivity contribution in [3.63, 3.8) is 0 Å². The van der Waals surface area contributed by atoms with Gasteiger partial charge in [-0.2, -0.15) is 0 Å². The molecule has 0 nitrogen and oxygen atoms in total. The summed E-state index contributed by atoms with van der Waals surface area (Å²) in [5.74, 6) is -0.120. The summed E-state index contributed by atoms with van der Waals surface area (Å²) in [6, 6.07) is 22.0. The van der Waals surface area contributed by atoms with Crippen LogP contribution in [0.4, 0.5) is 4.39 Å². The number of hydrogen-bond donors (Lipinski definition) is 0. The van der Waals surface area contributed by atoms with Crippen molar-refractivity contribution in [1.29, 1.82) is 0 Å². The molecule has 0 unspecified atom stereocenters. The zero-order chi connectivity index (χ0) is 20.5. The molecule has 0 aliphatic carbocycles. The van der Waals surface area contributed by atoms with Crippen LogP contribution in [-0.4, -0.2) is 0 Å². The Morgan fingerprint density at radius 2 is 1.24 bits per heavy atom. The summed E-state index contributed by atoms with van der Waals surface area (Å²) < 4.78 is 14.7. The lowest BCUT2D eigenvalue weighted by Crippen LogP contribution is -1.93. The third-order valence-electron chi connectivity index (χ3n) is 5.48. The summed E-state index contributed by atoms with van der Waals surface area (Å²) in [6.45, 7) is 2.22. The largest absolute Gasteiger partial charge is 0.206 e. The lowest BCUT2D eigenvalue weighted by Gasteiger charge is -2.08. The first-order valence-electron chi connectivity index (χ1n) is 10.8. The zero-order valence-corrected chi connectivity index (χ0v) is 18.0. The van der Waals surface area contributed by atoms with Crippen molar-refractivity contribution >= 4 is 11.6 Å². The minimum Gasteiger partial charge on any atom is -0.206 e. The van der Waals surface area contributed by atoms with Gasteiger partial charge < -0.3 is 0 Å². The highest BCUT2D eigenvalue weighted by Crippen LogP contribution is 2.25. The smallest absolute Gasteiger partial charge is 0.131 e. The Morgan fingerprint density at radius 1 is 0.655 bits per heavy atom. The van der Waals surface area contributed by atoms with Crippen LogP contribution in [0.2, 0.25) is 5.02 Å². The molecule has 3 rings (SSSR count). The number of halogens is 2. The number of unbranched alkanes of at least 4 members (excludes halogenated alkanes) is 4. The summed E-state index contributed by atoms with van der Waals surface area (Å²) in [6.07, 6.45) is 9.09. The average molecular weight is 409 g/mol. The minimum absolute atomic E-state index is 0.120. The van der Waals surface area contributed by atoms with Gasteiger partial charge in [-0.1, -0.05) is 92.7 Å². The highest BCUT2D eigenvalue weighted by atomic mass is 35.5. The van der Waals surface area contributed by atoms with E-state index in [0.717, 1.165) is 41.8 Å². The summed E-state index contributed by atoms with van der Waals surface area (Å²) >= 11 is 5.94. The molecule has 0 N–H and O–H groups in total. The van der Waals surface area contributed by atoms with Gasteiger partial charge >= 0.3 is 0 Å². The molecule has 0 aromatic heterocycles. The van der Waals surface area contributed by atoms with Gasteiger partial charge in [0.25, 0.3) is 0 Å². The minimum atomic E-state index is -0.120. The normalized spacial score (nSPS) is 11.0. The number of hydrogen-bond acceptors (Lipinski definition) is 0. The molecule has 0 amide bonds. The fourth-order valence-electron chi connectivity index (χ4n) is 3.67. The SMILES string of the molecule is CCCCCCCc1ccc(-c2ccc(CCc3ccc(Cl)cc3)cc2)c(F)c1. The van der Waals surface area contributed by atoms with Crippen LogP contribution < -0.4 is 0 Å². The van der Waals surface area contributed by atoms with Crippen molar-refractivity contribution in [2.24, 2.45) is 0 Å². The van der Waals surface area contributed by atoms with Gasteiger partial charge in [0.2, 0.25) is 0 Å². The van der Waals surface area contributed by atoms with Crippen LogP contribution in [0.1, 0.15) is 55.7 Å². The standard InChI is InChI=1S/C27H30ClF/c1-2-3-4-5-6-7-23-14-19-26(27(29)20-23)24-15-10-21(11-16-24)8-9-22-12-17-25(28)18-13-22/h10-20H,2-9H2,1H3. The third-order valence-corrected chi connectivity index (χ3v) is 5.74. The molecule has 3 aromatic rings. The predicted molar refractivity (Wildman–Crippen MR) is 123 cm³/mol. The van der Waals surface area contributed by atoms with Gasteiger partial charge in [-0.05, 0) is 66.1 Å². The molecular formula is C27H30ClF. The maximum atomic E-state index is 14.7. The van der Waals surface area contributed by atoms with Gasteiger partial charge in [-0.25, -0.2) is 4.39 Å². The topological polar surface area (TPSA) is 0 Å². The first-order valence-corrected chi connectivity index (χ1v) is 11.2. The van der Waals surface area contributed by atoms with Crippen LogP contribution in [0.25, 0.3) is 11.1 Å². The van der Waals surface area contributed by atoms with E-state index in [1.807, 2.05) is 30.3 Å². The monoisotopic (exact) mass is 408 g/mol. The quantitative estimate of drug-likeness (QED) is 0.295. The molecule has 0 spiro atoms. The lowest BCUT2D eigenvalue weighted by molar-refractivity contribution is 0.618. The van der Waals surface area contributed by atoms with Crippen LogP contribution in [0.3, 0.4) is 0 Å². The van der Waals surface area contributed by atoms with Crippen molar-refractivity contribution in [2.45, 2.75) is 58.3 Å². The Balaban J connectivity index is 1.56. The first kappa shape index (κ1) is 21.6. The second kappa shape index (κ2) is 11.2. The molecular weight excluding hydrogens is 379 g/mol. The maximum Gasteiger partial charge on any atom is 0.131 e. The fraction of sp³-hybridized carbons (Fsp3) is 0.333. The molecule has 0 fully saturated rings. The fourth-order valence-corrected chi connectivity index (χ4v) is 3.80. The molecule has 0 atom stereocenters. The highest BCUT2D eigenvalue weighted by molar-refractivity contribution is 6.30. The van der Waals surface area contributed by atoms with Gasteiger partial charge in [0.15, 0.2) is 0 Å². The molecule has 2 heteroatoms. The number of rotatable bonds is 10. The third kappa shape index (κ3) is 6.72. The van der Waals surface area contributed by atoms with Crippen molar-refractivity contribution < 1.29 is 4.39 Å². The van der Waals surface area contributed by atoms with Crippen LogP contribution in [0.15, 0.2) is 66.7 Å². The van der Waals surface area contributed by atoms with Crippen LogP contribution in [-0.2, 0) is 19.3 Å². The van der Waals surface area contributed by atoms with Gasteiger partial charge in [0.1, 0.15) is 5.82 Å². The van der Waals surface area contributed by atoms with Crippen molar-refractivity contribution in [2.75, 3.05) is 0 Å². The Kier molecular flexibility index (Phi) is 8.31. The second-order valence-electron chi connectivity index (χ2n) is 7.80. The lowest BCUT2D eigenvalue weighted by atomic mass is 9.98. The molecule has 0 saturated carbocycles. The molecule has 0 heterocycles. The van der Waals surface area contributed by atoms with Gasteiger partial charge in [-0.15, -0.1) is 0 Å². The number of aryl methyl sites for hydroxylation is 3. The second-order valence-corrected chi connectivity index (χ2v) is 8.24. The average Bonchev–Trinajstić information content (AvgIpc) is 2.74. The molecule has 0 radical (unpaired) electrons. The van der Waals surface area contributed by atoms with E-state index in [-0.39, 0.29) is 5.82 Å². The van der Waals surface area contributed by atoms with E-state index in [2.05, 4.69) is 37.3 Å². The van der Waals surface area contributed by atoms with E-state index in [4.69, 9.17) is 11.6 Å². The summed E-state index contributed by atoms with van der Waals surface area (Å²) in [7, 11) is 0. The molecule has 0 aliphatic rings. The number of benzene rings is 3. The Labute approximate surface area is 179 Å². The van der Waals surface area contributed by atoms with Crippen molar-refractivity contribution in [1.82, 2.24) is 0 Å². The molecule has 0 aliphatic heterocycles. The molecule has 0 bridgehead atoms. The van der Waals surface area contributed by atoms with Crippen LogP contribution in [0, 0.1) is 5.82 Å².